The molecule has 0 fully saturated rings. The van der Waals surface area contributed by atoms with Crippen LogP contribution in [0.1, 0.15) is 97.8 Å². The molecule has 0 aliphatic rings. The molecule has 21 heavy (non-hydrogen) atoms. The summed E-state index contributed by atoms with van der Waals surface area (Å²) in [7, 11) is 0. The number of rotatable bonds is 14. The van der Waals surface area contributed by atoms with Crippen molar-refractivity contribution in [1.29, 1.82) is 0 Å². The lowest BCUT2D eigenvalue weighted by atomic mass is 10.1. The Labute approximate surface area is 132 Å². The van der Waals surface area contributed by atoms with Crippen molar-refractivity contribution in [1.82, 2.24) is 0 Å². The molecule has 0 saturated carbocycles. The van der Waals surface area contributed by atoms with E-state index in [1.807, 2.05) is 6.92 Å². The van der Waals surface area contributed by atoms with E-state index in [2.05, 4.69) is 19.1 Å². The second-order valence-electron chi connectivity index (χ2n) is 6.09. The van der Waals surface area contributed by atoms with Crippen LogP contribution in [0.25, 0.3) is 0 Å². The van der Waals surface area contributed by atoms with Crippen molar-refractivity contribution in [3.05, 3.63) is 12.2 Å². The van der Waals surface area contributed by atoms with Gasteiger partial charge >= 0.3 is 5.97 Å². The van der Waals surface area contributed by atoms with Gasteiger partial charge in [0.15, 0.2) is 0 Å². The van der Waals surface area contributed by atoms with Gasteiger partial charge in [-0.2, -0.15) is 0 Å². The summed E-state index contributed by atoms with van der Waals surface area (Å²) in [6.07, 6.45) is 20.1. The summed E-state index contributed by atoms with van der Waals surface area (Å²) >= 11 is 0. The molecule has 0 bridgehead atoms. The predicted octanol–water partition coefficient (Wildman–Crippen LogP) is 6.20. The average Bonchev–Trinajstić information content (AvgIpc) is 2.43. The molecule has 0 heterocycles. The molecule has 0 aromatic carbocycles. The van der Waals surface area contributed by atoms with Crippen molar-refractivity contribution in [2.75, 3.05) is 0 Å². The summed E-state index contributed by atoms with van der Waals surface area (Å²) in [5.74, 6) is -0.167. The molecule has 2 nitrogen and oxygen atoms in total. The van der Waals surface area contributed by atoms with Gasteiger partial charge < -0.3 is 4.74 Å². The summed E-state index contributed by atoms with van der Waals surface area (Å²) in [4.78, 5) is 10.8. The molecule has 124 valence electrons. The van der Waals surface area contributed by atoms with Crippen LogP contribution in [0.5, 0.6) is 0 Å². The summed E-state index contributed by atoms with van der Waals surface area (Å²) in [5, 5.41) is 0. The molecule has 0 aliphatic heterocycles. The zero-order valence-corrected chi connectivity index (χ0v) is 14.5. The van der Waals surface area contributed by atoms with Gasteiger partial charge in [0, 0.05) is 6.92 Å². The quantitative estimate of drug-likeness (QED) is 0.217. The maximum atomic E-state index is 10.8. The van der Waals surface area contributed by atoms with Crippen LogP contribution in [-0.2, 0) is 9.53 Å². The lowest BCUT2D eigenvalue weighted by molar-refractivity contribution is -0.145. The number of hydrogen-bond donors (Lipinski definition) is 0. The molecular formula is C19H36O2. The second kappa shape index (κ2) is 15.6. The Morgan fingerprint density at radius 3 is 2.00 bits per heavy atom. The molecule has 0 aromatic rings. The average molecular weight is 296 g/mol. The third kappa shape index (κ3) is 17.2. The van der Waals surface area contributed by atoms with Crippen LogP contribution in [0.4, 0.5) is 0 Å². The Morgan fingerprint density at radius 1 is 0.905 bits per heavy atom. The van der Waals surface area contributed by atoms with Crippen LogP contribution in [0.15, 0.2) is 12.2 Å². The van der Waals surface area contributed by atoms with Crippen LogP contribution < -0.4 is 0 Å². The van der Waals surface area contributed by atoms with Crippen LogP contribution in [0.3, 0.4) is 0 Å². The minimum absolute atomic E-state index is 0.0748. The van der Waals surface area contributed by atoms with Gasteiger partial charge in [0.25, 0.3) is 0 Å². The molecular weight excluding hydrogens is 260 g/mol. The first-order valence-corrected chi connectivity index (χ1v) is 8.99. The third-order valence-corrected chi connectivity index (χ3v) is 3.74. The number of esters is 1. The van der Waals surface area contributed by atoms with Gasteiger partial charge in [-0.15, -0.1) is 0 Å². The zero-order valence-electron chi connectivity index (χ0n) is 14.5. The van der Waals surface area contributed by atoms with E-state index in [0.717, 1.165) is 12.8 Å². The van der Waals surface area contributed by atoms with E-state index in [0.29, 0.717) is 0 Å². The zero-order chi connectivity index (χ0) is 15.8. The molecule has 0 radical (unpaired) electrons. The largest absolute Gasteiger partial charge is 0.463 e. The fourth-order valence-corrected chi connectivity index (χ4v) is 2.49. The number of hydrogen-bond acceptors (Lipinski definition) is 2. The maximum Gasteiger partial charge on any atom is 0.302 e. The highest BCUT2D eigenvalue weighted by atomic mass is 16.5. The van der Waals surface area contributed by atoms with Crippen molar-refractivity contribution in [2.45, 2.75) is 104 Å². The van der Waals surface area contributed by atoms with Crippen molar-refractivity contribution in [3.63, 3.8) is 0 Å². The molecule has 0 amide bonds. The molecule has 0 unspecified atom stereocenters. The molecule has 2 heteroatoms. The van der Waals surface area contributed by atoms with E-state index < -0.39 is 0 Å². The molecule has 0 aromatic heterocycles. The van der Waals surface area contributed by atoms with E-state index in [1.165, 1.54) is 71.1 Å². The highest BCUT2D eigenvalue weighted by Crippen LogP contribution is 2.10. The second-order valence-corrected chi connectivity index (χ2v) is 6.09. The highest BCUT2D eigenvalue weighted by Gasteiger charge is 2.03. The van der Waals surface area contributed by atoms with Crippen LogP contribution in [0.2, 0.25) is 0 Å². The van der Waals surface area contributed by atoms with Gasteiger partial charge in [0.05, 0.1) is 6.10 Å². The monoisotopic (exact) mass is 296 g/mol. The van der Waals surface area contributed by atoms with E-state index in [4.69, 9.17) is 4.74 Å². The fourth-order valence-electron chi connectivity index (χ4n) is 2.49. The molecule has 0 rings (SSSR count). The van der Waals surface area contributed by atoms with Gasteiger partial charge in [0.2, 0.25) is 0 Å². The van der Waals surface area contributed by atoms with E-state index >= 15 is 0 Å². The highest BCUT2D eigenvalue weighted by molar-refractivity contribution is 5.66. The molecule has 0 spiro atoms. The summed E-state index contributed by atoms with van der Waals surface area (Å²) in [5.41, 5.74) is 0. The SMILES string of the molecule is CCCCCCCCC=CCCCCC[C@@H](C)OC(C)=O. The van der Waals surface area contributed by atoms with Crippen molar-refractivity contribution >= 4 is 5.97 Å². The summed E-state index contributed by atoms with van der Waals surface area (Å²) in [6.45, 7) is 5.71. The van der Waals surface area contributed by atoms with Crippen LogP contribution in [0, 0.1) is 0 Å². The summed E-state index contributed by atoms with van der Waals surface area (Å²) in [6, 6.07) is 0. The smallest absolute Gasteiger partial charge is 0.302 e. The normalized spacial score (nSPS) is 12.7. The Hall–Kier alpha value is -0.790. The number of unbranched alkanes of at least 4 members (excludes halogenated alkanes) is 9. The third-order valence-electron chi connectivity index (χ3n) is 3.74. The van der Waals surface area contributed by atoms with Crippen molar-refractivity contribution in [2.24, 2.45) is 0 Å². The van der Waals surface area contributed by atoms with Crippen LogP contribution in [-0.4, -0.2) is 12.1 Å². The molecule has 0 aliphatic carbocycles. The first-order chi connectivity index (χ1) is 10.2. The Bertz CT molecular complexity index is 258. The minimum Gasteiger partial charge on any atom is -0.463 e. The van der Waals surface area contributed by atoms with Crippen molar-refractivity contribution < 1.29 is 9.53 Å². The number of ether oxygens (including phenoxy) is 1. The van der Waals surface area contributed by atoms with Crippen LogP contribution >= 0.6 is 0 Å². The minimum atomic E-state index is -0.167. The first kappa shape index (κ1) is 20.2. The fraction of sp³-hybridized carbons (Fsp3) is 0.842. The molecule has 0 N–H and O–H groups in total. The van der Waals surface area contributed by atoms with Gasteiger partial charge in [-0.1, -0.05) is 57.6 Å². The topological polar surface area (TPSA) is 26.3 Å². The Balaban J connectivity index is 3.20. The number of carbonyl (C=O) groups is 1. The molecule has 0 saturated heterocycles. The van der Waals surface area contributed by atoms with Crippen molar-refractivity contribution in [3.8, 4) is 0 Å². The standard InChI is InChI=1S/C19H36O2/c1-4-5-6-7-8-9-10-11-12-13-14-15-16-17-18(2)21-19(3)20/h11-12,18H,4-10,13-17H2,1-3H3/t18-/m1/s1. The van der Waals surface area contributed by atoms with Gasteiger partial charge in [-0.25, -0.2) is 0 Å². The predicted molar refractivity (Wildman–Crippen MR) is 91.4 cm³/mol. The Kier molecular flexibility index (Phi) is 15.0. The van der Waals surface area contributed by atoms with E-state index in [-0.39, 0.29) is 12.1 Å². The van der Waals surface area contributed by atoms with E-state index in [9.17, 15) is 4.79 Å². The lowest BCUT2D eigenvalue weighted by Gasteiger charge is -2.10. The Morgan fingerprint density at radius 2 is 1.43 bits per heavy atom. The number of carbonyl (C=O) groups excluding carboxylic acids is 1. The maximum absolute atomic E-state index is 10.8. The first-order valence-electron chi connectivity index (χ1n) is 8.99. The van der Waals surface area contributed by atoms with Gasteiger partial charge in [-0.3, -0.25) is 4.79 Å². The van der Waals surface area contributed by atoms with Gasteiger partial charge in [-0.05, 0) is 45.4 Å². The van der Waals surface area contributed by atoms with Gasteiger partial charge in [0.1, 0.15) is 0 Å². The van der Waals surface area contributed by atoms with E-state index in [1.54, 1.807) is 0 Å². The number of allylic oxidation sites excluding steroid dienone is 2. The lowest BCUT2D eigenvalue weighted by Crippen LogP contribution is -2.11. The molecule has 1 atom stereocenters. The summed E-state index contributed by atoms with van der Waals surface area (Å²) < 4.78 is 5.10.